The summed E-state index contributed by atoms with van der Waals surface area (Å²) in [6.45, 7) is 5.62. The van der Waals surface area contributed by atoms with Gasteiger partial charge in [-0.05, 0) is 42.5 Å². The van der Waals surface area contributed by atoms with E-state index >= 15 is 0 Å². The van der Waals surface area contributed by atoms with E-state index in [0.29, 0.717) is 11.1 Å². The molecule has 0 bridgehead atoms. The predicted octanol–water partition coefficient (Wildman–Crippen LogP) is 3.35. The molecular formula is C21H23F2N3O3. The van der Waals surface area contributed by atoms with Gasteiger partial charge in [0, 0.05) is 24.8 Å². The highest BCUT2D eigenvalue weighted by Gasteiger charge is 2.26. The molecule has 2 heterocycles. The first-order chi connectivity index (χ1) is 13.7. The maximum Gasteiger partial charge on any atom is 0.335 e. The number of hydrogen-bond acceptors (Lipinski definition) is 4. The number of halogens is 2. The van der Waals surface area contributed by atoms with Crippen molar-refractivity contribution in [1.29, 1.82) is 0 Å². The van der Waals surface area contributed by atoms with E-state index in [1.807, 2.05) is 12.1 Å². The average molecular weight is 403 g/mol. The van der Waals surface area contributed by atoms with E-state index in [1.54, 1.807) is 12.1 Å². The number of piperidine rings is 1. The molecule has 0 saturated carbocycles. The first kappa shape index (κ1) is 19.4. The second-order valence-electron chi connectivity index (χ2n) is 8.24. The fraction of sp³-hybridized carbons (Fsp3) is 0.381. The minimum absolute atomic E-state index is 0.132. The summed E-state index contributed by atoms with van der Waals surface area (Å²) in [7, 11) is 0. The molecule has 2 N–H and O–H groups in total. The molecule has 2 aromatic carbocycles. The Labute approximate surface area is 166 Å². The second-order valence-corrected chi connectivity index (χ2v) is 8.24. The summed E-state index contributed by atoms with van der Waals surface area (Å²) in [5.74, 6) is -3.60. The molecule has 0 amide bonds. The van der Waals surface area contributed by atoms with Crippen LogP contribution < -0.4 is 10.6 Å². The smallest absolute Gasteiger partial charge is 0.335 e. The van der Waals surface area contributed by atoms with E-state index in [4.69, 9.17) is 0 Å². The van der Waals surface area contributed by atoms with Crippen molar-refractivity contribution in [3.05, 3.63) is 52.5 Å². The Morgan fingerprint density at radius 3 is 2.24 bits per heavy atom. The first-order valence-corrected chi connectivity index (χ1v) is 9.52. The SMILES string of the molecule is CC1(C)CCN(c2ccc(-n3c(=O)n(CO)c4cc(F)c(O)c(F)c43)cc2)CC1. The largest absolute Gasteiger partial charge is 0.503 e. The summed E-state index contributed by atoms with van der Waals surface area (Å²) in [6.07, 6.45) is 2.16. The van der Waals surface area contributed by atoms with Crippen molar-refractivity contribution in [2.24, 2.45) is 5.41 Å². The summed E-state index contributed by atoms with van der Waals surface area (Å²) in [6, 6.07) is 7.90. The summed E-state index contributed by atoms with van der Waals surface area (Å²) in [5, 5.41) is 19.2. The minimum atomic E-state index is -1.24. The molecule has 0 atom stereocenters. The lowest BCUT2D eigenvalue weighted by Gasteiger charge is -2.38. The number of fused-ring (bicyclic) bond motifs is 1. The zero-order chi connectivity index (χ0) is 20.9. The van der Waals surface area contributed by atoms with Gasteiger partial charge in [0.1, 0.15) is 12.2 Å². The predicted molar refractivity (Wildman–Crippen MR) is 107 cm³/mol. The van der Waals surface area contributed by atoms with Crippen molar-refractivity contribution in [3.63, 3.8) is 0 Å². The number of phenolic OH excluding ortho intramolecular Hbond substituents is 1. The van der Waals surface area contributed by atoms with Crippen LogP contribution in [0.3, 0.4) is 0 Å². The Balaban J connectivity index is 1.79. The molecule has 1 aromatic heterocycles. The number of aromatic nitrogens is 2. The zero-order valence-electron chi connectivity index (χ0n) is 16.3. The molecule has 6 nitrogen and oxygen atoms in total. The fourth-order valence-electron chi connectivity index (χ4n) is 3.88. The Bertz CT molecular complexity index is 1120. The molecule has 4 rings (SSSR count). The van der Waals surface area contributed by atoms with Crippen LogP contribution in [-0.4, -0.2) is 32.4 Å². The standard InChI is InChI=1S/C21H23F2N3O3/c1-21(2)7-9-24(10-8-21)13-3-5-14(6-4-13)26-18-16(25(12-27)20(26)29)11-15(22)19(28)17(18)23/h3-6,11,27-28H,7-10,12H2,1-2H3. The molecule has 0 aliphatic carbocycles. The molecule has 1 aliphatic heterocycles. The zero-order valence-corrected chi connectivity index (χ0v) is 16.3. The van der Waals surface area contributed by atoms with Gasteiger partial charge in [0.2, 0.25) is 0 Å². The lowest BCUT2D eigenvalue weighted by atomic mass is 9.82. The molecular weight excluding hydrogens is 380 g/mol. The van der Waals surface area contributed by atoms with E-state index in [9.17, 15) is 23.8 Å². The number of hydrogen-bond donors (Lipinski definition) is 2. The summed E-state index contributed by atoms with van der Waals surface area (Å²) in [5.41, 5.74) is 0.544. The van der Waals surface area contributed by atoms with Gasteiger partial charge in [-0.15, -0.1) is 0 Å². The lowest BCUT2D eigenvalue weighted by Crippen LogP contribution is -2.37. The van der Waals surface area contributed by atoms with E-state index < -0.39 is 29.8 Å². The third-order valence-corrected chi connectivity index (χ3v) is 5.82. The van der Waals surface area contributed by atoms with Gasteiger partial charge in [0.15, 0.2) is 17.4 Å². The van der Waals surface area contributed by atoms with Crippen LogP contribution in [0.5, 0.6) is 5.75 Å². The van der Waals surface area contributed by atoms with Crippen LogP contribution in [0.4, 0.5) is 14.5 Å². The molecule has 0 radical (unpaired) electrons. The monoisotopic (exact) mass is 403 g/mol. The first-order valence-electron chi connectivity index (χ1n) is 9.52. The Hall–Kier alpha value is -2.87. The van der Waals surface area contributed by atoms with Crippen molar-refractivity contribution < 1.29 is 19.0 Å². The van der Waals surface area contributed by atoms with Crippen molar-refractivity contribution in [1.82, 2.24) is 9.13 Å². The van der Waals surface area contributed by atoms with E-state index in [1.165, 1.54) is 0 Å². The van der Waals surface area contributed by atoms with Crippen LogP contribution in [-0.2, 0) is 6.73 Å². The molecule has 1 saturated heterocycles. The van der Waals surface area contributed by atoms with E-state index in [0.717, 1.165) is 46.8 Å². The molecule has 29 heavy (non-hydrogen) atoms. The minimum Gasteiger partial charge on any atom is -0.503 e. The number of anilines is 1. The summed E-state index contributed by atoms with van der Waals surface area (Å²) in [4.78, 5) is 15.0. The highest BCUT2D eigenvalue weighted by molar-refractivity contribution is 5.81. The number of nitrogens with zero attached hydrogens (tertiary/aromatic N) is 3. The maximum atomic E-state index is 14.6. The lowest BCUT2D eigenvalue weighted by molar-refractivity contribution is 0.210. The third kappa shape index (κ3) is 3.17. The van der Waals surface area contributed by atoms with Gasteiger partial charge in [0.25, 0.3) is 0 Å². The number of aliphatic hydroxyl groups excluding tert-OH is 1. The van der Waals surface area contributed by atoms with Crippen LogP contribution in [0.1, 0.15) is 26.7 Å². The molecule has 0 spiro atoms. The van der Waals surface area contributed by atoms with E-state index in [-0.39, 0.29) is 11.0 Å². The average Bonchev–Trinajstić information content (AvgIpc) is 2.97. The number of aliphatic hydroxyl groups is 1. The fourth-order valence-corrected chi connectivity index (χ4v) is 3.88. The third-order valence-electron chi connectivity index (χ3n) is 5.82. The van der Waals surface area contributed by atoms with Gasteiger partial charge in [-0.25, -0.2) is 13.6 Å². The topological polar surface area (TPSA) is 70.6 Å². The van der Waals surface area contributed by atoms with Crippen molar-refractivity contribution in [2.75, 3.05) is 18.0 Å². The van der Waals surface area contributed by atoms with Gasteiger partial charge in [-0.1, -0.05) is 13.8 Å². The molecule has 1 aliphatic rings. The molecule has 3 aromatic rings. The normalized spacial score (nSPS) is 16.5. The van der Waals surface area contributed by atoms with Gasteiger partial charge in [-0.3, -0.25) is 9.13 Å². The number of phenols is 1. The van der Waals surface area contributed by atoms with Gasteiger partial charge in [-0.2, -0.15) is 0 Å². The maximum absolute atomic E-state index is 14.6. The van der Waals surface area contributed by atoms with Crippen molar-refractivity contribution in [2.45, 2.75) is 33.4 Å². The van der Waals surface area contributed by atoms with Crippen LogP contribution >= 0.6 is 0 Å². The van der Waals surface area contributed by atoms with Gasteiger partial charge < -0.3 is 15.1 Å². The number of benzene rings is 2. The number of rotatable bonds is 3. The van der Waals surface area contributed by atoms with Crippen LogP contribution in [0.25, 0.3) is 16.7 Å². The molecule has 0 unspecified atom stereocenters. The van der Waals surface area contributed by atoms with Crippen molar-refractivity contribution in [3.8, 4) is 11.4 Å². The highest BCUT2D eigenvalue weighted by Crippen LogP contribution is 2.33. The van der Waals surface area contributed by atoms with Gasteiger partial charge >= 0.3 is 5.69 Å². The van der Waals surface area contributed by atoms with Gasteiger partial charge in [0.05, 0.1) is 11.2 Å². The van der Waals surface area contributed by atoms with E-state index in [2.05, 4.69) is 18.7 Å². The summed E-state index contributed by atoms with van der Waals surface area (Å²) >= 11 is 0. The summed E-state index contributed by atoms with van der Waals surface area (Å²) < 4.78 is 30.3. The molecule has 1 fully saturated rings. The number of aromatic hydroxyl groups is 1. The van der Waals surface area contributed by atoms with Crippen LogP contribution in [0.2, 0.25) is 0 Å². The van der Waals surface area contributed by atoms with Crippen LogP contribution in [0, 0.1) is 17.0 Å². The van der Waals surface area contributed by atoms with Crippen molar-refractivity contribution >= 4 is 16.7 Å². The molecule has 154 valence electrons. The Morgan fingerprint density at radius 1 is 1.07 bits per heavy atom. The Morgan fingerprint density at radius 2 is 1.66 bits per heavy atom. The highest BCUT2D eigenvalue weighted by atomic mass is 19.1. The van der Waals surface area contributed by atoms with Crippen LogP contribution in [0.15, 0.2) is 35.1 Å². The second kappa shape index (κ2) is 6.88. The Kier molecular flexibility index (Phi) is 4.61. The molecule has 8 heteroatoms. The quantitative estimate of drug-likeness (QED) is 0.704. The number of imidazole rings is 1.